The summed E-state index contributed by atoms with van der Waals surface area (Å²) in [6, 6.07) is 16.2. The van der Waals surface area contributed by atoms with Crippen LogP contribution in [0.1, 0.15) is 12.8 Å². The highest BCUT2D eigenvalue weighted by molar-refractivity contribution is 8.00. The number of methoxy groups -OCH3 is 1. The van der Waals surface area contributed by atoms with Gasteiger partial charge >= 0.3 is 0 Å². The molecule has 31 heavy (non-hydrogen) atoms. The van der Waals surface area contributed by atoms with Crippen LogP contribution in [0.15, 0.2) is 65.8 Å². The Morgan fingerprint density at radius 3 is 2.52 bits per heavy atom. The Balaban J connectivity index is 1.33. The summed E-state index contributed by atoms with van der Waals surface area (Å²) >= 11 is 1.66. The smallest absolute Gasteiger partial charge is 0.263 e. The largest absolute Gasteiger partial charge is 0.436 e. The predicted molar refractivity (Wildman–Crippen MR) is 123 cm³/mol. The Morgan fingerprint density at radius 2 is 1.74 bits per heavy atom. The third-order valence-corrected chi connectivity index (χ3v) is 6.73. The first-order valence-corrected chi connectivity index (χ1v) is 11.3. The van der Waals surface area contributed by atoms with Gasteiger partial charge in [0.15, 0.2) is 5.82 Å². The molecule has 0 bridgehead atoms. The van der Waals surface area contributed by atoms with E-state index in [1.165, 1.54) is 4.90 Å². The summed E-state index contributed by atoms with van der Waals surface area (Å²) in [4.78, 5) is 14.5. The lowest BCUT2D eigenvalue weighted by Gasteiger charge is -2.32. The molecule has 3 aromatic rings. The van der Waals surface area contributed by atoms with Crippen LogP contribution in [0.3, 0.4) is 0 Å². The van der Waals surface area contributed by atoms with Gasteiger partial charge in [-0.1, -0.05) is 23.9 Å². The van der Waals surface area contributed by atoms with Crippen LogP contribution in [0.5, 0.6) is 11.6 Å². The van der Waals surface area contributed by atoms with Crippen LogP contribution in [0.25, 0.3) is 0 Å². The first kappa shape index (κ1) is 20.1. The molecule has 8 heteroatoms. The number of nitrogens with zero attached hydrogens (tertiary/aromatic N) is 4. The molecule has 0 aliphatic carbocycles. The molecule has 2 N–H and O–H groups in total. The minimum atomic E-state index is -0.147. The summed E-state index contributed by atoms with van der Waals surface area (Å²) in [5, 5.41) is 0. The minimum absolute atomic E-state index is 0.147. The number of benzene rings is 2. The second-order valence-corrected chi connectivity index (χ2v) is 8.71. The third-order valence-electron chi connectivity index (χ3n) is 5.68. The highest BCUT2D eigenvalue weighted by Crippen LogP contribution is 2.45. The van der Waals surface area contributed by atoms with Crippen molar-refractivity contribution in [3.8, 4) is 11.6 Å². The zero-order chi connectivity index (χ0) is 21.2. The summed E-state index contributed by atoms with van der Waals surface area (Å²) in [7, 11) is 1.77. The van der Waals surface area contributed by atoms with Gasteiger partial charge in [-0.25, -0.2) is 9.97 Å². The van der Waals surface area contributed by atoms with E-state index in [4.69, 9.17) is 15.2 Å². The fourth-order valence-corrected chi connectivity index (χ4v) is 5.10. The average Bonchev–Trinajstić information content (AvgIpc) is 3.16. The maximum Gasteiger partial charge on any atom is 0.263 e. The predicted octanol–water partition coefficient (Wildman–Crippen LogP) is 4.37. The molecule has 0 amide bonds. The molecule has 5 rings (SSSR count). The Labute approximate surface area is 186 Å². The fourth-order valence-electron chi connectivity index (χ4n) is 4.06. The van der Waals surface area contributed by atoms with Crippen molar-refractivity contribution in [2.24, 2.45) is 5.73 Å². The van der Waals surface area contributed by atoms with Crippen molar-refractivity contribution in [3.63, 3.8) is 0 Å². The summed E-state index contributed by atoms with van der Waals surface area (Å²) in [6.45, 7) is 1.74. The zero-order valence-electron chi connectivity index (χ0n) is 17.3. The standard InChI is InChI=1S/C23H25N5O2S/c1-29-17-10-14-27(15-11-17)21-22(26-13-12-25-21)30-18-8-6-16(7-9-18)28-19-4-2-3-5-20(19)31-23(28)24/h2-9,12-13,17,23H,10-11,14-15,24H2,1H3. The van der Waals surface area contributed by atoms with Gasteiger partial charge in [-0.05, 0) is 49.2 Å². The normalized spacial score (nSPS) is 18.8. The highest BCUT2D eigenvalue weighted by atomic mass is 32.2. The molecule has 2 aromatic carbocycles. The Morgan fingerprint density at radius 1 is 1.00 bits per heavy atom. The van der Waals surface area contributed by atoms with E-state index < -0.39 is 0 Å². The highest BCUT2D eigenvalue weighted by Gasteiger charge is 2.28. The van der Waals surface area contributed by atoms with Gasteiger partial charge < -0.3 is 25.0 Å². The molecule has 0 radical (unpaired) electrons. The molecule has 1 saturated heterocycles. The lowest BCUT2D eigenvalue weighted by Crippen LogP contribution is -2.37. The van der Waals surface area contributed by atoms with E-state index in [1.54, 1.807) is 31.3 Å². The molecule has 1 fully saturated rings. The summed E-state index contributed by atoms with van der Waals surface area (Å²) in [5.41, 5.74) is 8.38. The van der Waals surface area contributed by atoms with Crippen molar-refractivity contribution in [3.05, 3.63) is 60.9 Å². The first-order chi connectivity index (χ1) is 15.2. The number of hydrogen-bond acceptors (Lipinski definition) is 8. The molecule has 0 spiro atoms. The number of para-hydroxylation sites is 1. The van der Waals surface area contributed by atoms with E-state index >= 15 is 0 Å². The molecule has 1 atom stereocenters. The van der Waals surface area contributed by atoms with Crippen molar-refractivity contribution in [1.29, 1.82) is 0 Å². The fraction of sp³-hybridized carbons (Fsp3) is 0.304. The number of nitrogens with two attached hydrogens (primary N) is 1. The van der Waals surface area contributed by atoms with Crippen molar-refractivity contribution >= 4 is 29.0 Å². The maximum absolute atomic E-state index is 6.37. The number of fused-ring (bicyclic) bond motifs is 1. The summed E-state index contributed by atoms with van der Waals surface area (Å²) in [5.74, 6) is 2.00. The molecule has 1 aromatic heterocycles. The molecule has 0 saturated carbocycles. The Kier molecular flexibility index (Phi) is 5.67. The van der Waals surface area contributed by atoms with Crippen molar-refractivity contribution in [2.75, 3.05) is 30.0 Å². The first-order valence-electron chi connectivity index (χ1n) is 10.4. The van der Waals surface area contributed by atoms with Crippen LogP contribution in [-0.2, 0) is 4.74 Å². The second-order valence-electron chi connectivity index (χ2n) is 7.55. The molecule has 1 unspecified atom stereocenters. The van der Waals surface area contributed by atoms with Crippen LogP contribution in [-0.4, -0.2) is 41.8 Å². The molecule has 2 aliphatic heterocycles. The molecule has 160 valence electrons. The van der Waals surface area contributed by atoms with Crippen molar-refractivity contribution in [1.82, 2.24) is 9.97 Å². The van der Waals surface area contributed by atoms with E-state index in [0.717, 1.165) is 43.1 Å². The van der Waals surface area contributed by atoms with Gasteiger partial charge in [0.2, 0.25) is 0 Å². The third kappa shape index (κ3) is 4.06. The van der Waals surface area contributed by atoms with Crippen LogP contribution in [0.4, 0.5) is 17.2 Å². The zero-order valence-corrected chi connectivity index (χ0v) is 18.2. The number of piperidine rings is 1. The SMILES string of the molecule is COC1CCN(c2nccnc2Oc2ccc(N3c4ccccc4SC3N)cc2)CC1. The lowest BCUT2D eigenvalue weighted by molar-refractivity contribution is 0.0817. The van der Waals surface area contributed by atoms with E-state index in [9.17, 15) is 0 Å². The molecule has 3 heterocycles. The number of aromatic nitrogens is 2. The topological polar surface area (TPSA) is 76.7 Å². The second kappa shape index (κ2) is 8.74. The van der Waals surface area contributed by atoms with Crippen LogP contribution in [0.2, 0.25) is 0 Å². The molecular weight excluding hydrogens is 410 g/mol. The molecule has 7 nitrogen and oxygen atoms in total. The Bertz CT molecular complexity index is 1040. The number of anilines is 3. The number of ether oxygens (including phenoxy) is 2. The number of thioether (sulfide) groups is 1. The van der Waals surface area contributed by atoms with Crippen LogP contribution in [0, 0.1) is 0 Å². The minimum Gasteiger partial charge on any atom is -0.436 e. The van der Waals surface area contributed by atoms with Crippen molar-refractivity contribution in [2.45, 2.75) is 29.3 Å². The van der Waals surface area contributed by atoms with Gasteiger partial charge in [-0.15, -0.1) is 0 Å². The van der Waals surface area contributed by atoms with Gasteiger partial charge in [0.05, 0.1) is 11.8 Å². The lowest BCUT2D eigenvalue weighted by atomic mass is 10.1. The van der Waals surface area contributed by atoms with Crippen LogP contribution < -0.4 is 20.3 Å². The molecule has 2 aliphatic rings. The summed E-state index contributed by atoms with van der Waals surface area (Å²) in [6.07, 6.45) is 5.61. The average molecular weight is 436 g/mol. The summed E-state index contributed by atoms with van der Waals surface area (Å²) < 4.78 is 11.6. The Hall–Kier alpha value is -2.81. The molecular formula is C23H25N5O2S. The van der Waals surface area contributed by atoms with E-state index in [1.807, 2.05) is 36.4 Å². The van der Waals surface area contributed by atoms with Gasteiger partial charge in [0.1, 0.15) is 11.2 Å². The van der Waals surface area contributed by atoms with Gasteiger partial charge in [0, 0.05) is 43.2 Å². The number of hydrogen-bond donors (Lipinski definition) is 1. The van der Waals surface area contributed by atoms with E-state index in [-0.39, 0.29) is 5.50 Å². The van der Waals surface area contributed by atoms with Crippen molar-refractivity contribution < 1.29 is 9.47 Å². The van der Waals surface area contributed by atoms with E-state index in [2.05, 4.69) is 31.9 Å². The van der Waals surface area contributed by atoms with Crippen LogP contribution >= 0.6 is 11.8 Å². The monoisotopic (exact) mass is 435 g/mol. The number of rotatable bonds is 5. The quantitative estimate of drug-likeness (QED) is 0.633. The van der Waals surface area contributed by atoms with Gasteiger partial charge in [-0.3, -0.25) is 0 Å². The maximum atomic E-state index is 6.37. The van der Waals surface area contributed by atoms with Gasteiger partial charge in [-0.2, -0.15) is 0 Å². The van der Waals surface area contributed by atoms with E-state index in [0.29, 0.717) is 17.7 Å². The van der Waals surface area contributed by atoms with Gasteiger partial charge in [0.25, 0.3) is 5.88 Å².